The molecule has 0 aliphatic rings. The topological polar surface area (TPSA) is 24.9 Å². The lowest BCUT2D eigenvalue weighted by atomic mass is 9.96. The minimum Gasteiger partial charge on any atom is -0.308 e. The summed E-state index contributed by atoms with van der Waals surface area (Å²) in [5, 5.41) is 5.95. The van der Waals surface area contributed by atoms with E-state index < -0.39 is 0 Å². The quantitative estimate of drug-likeness (QED) is 0.776. The van der Waals surface area contributed by atoms with E-state index in [4.69, 9.17) is 0 Å². The normalized spacial score (nSPS) is 12.5. The average Bonchev–Trinajstić information content (AvgIpc) is 2.56. The third-order valence-corrected chi connectivity index (χ3v) is 3.98. The Kier molecular flexibility index (Phi) is 3.98. The molecule has 0 aliphatic carbocycles. The second kappa shape index (κ2) is 6.06. The predicted octanol–water partition coefficient (Wildman–Crippen LogP) is 4.11. The van der Waals surface area contributed by atoms with Gasteiger partial charge in [-0.1, -0.05) is 49.4 Å². The average molecular weight is 276 g/mol. The summed E-state index contributed by atoms with van der Waals surface area (Å²) in [7, 11) is 1.99. The van der Waals surface area contributed by atoms with E-state index in [1.54, 1.807) is 0 Å². The van der Waals surface area contributed by atoms with Crippen molar-refractivity contribution < 1.29 is 0 Å². The third kappa shape index (κ3) is 2.67. The molecular formula is C19H20N2. The lowest BCUT2D eigenvalue weighted by Gasteiger charge is -2.19. The molecule has 0 aliphatic heterocycles. The van der Waals surface area contributed by atoms with Crippen molar-refractivity contribution in [1.82, 2.24) is 10.3 Å². The monoisotopic (exact) mass is 276 g/mol. The highest BCUT2D eigenvalue weighted by atomic mass is 14.9. The Balaban J connectivity index is 2.09. The van der Waals surface area contributed by atoms with Crippen molar-refractivity contribution in [2.75, 3.05) is 7.05 Å². The molecule has 1 unspecified atom stereocenters. The Bertz CT molecular complexity index is 749. The molecule has 0 fully saturated rings. The maximum absolute atomic E-state index is 4.61. The fourth-order valence-electron chi connectivity index (χ4n) is 2.86. The van der Waals surface area contributed by atoms with Gasteiger partial charge in [0.1, 0.15) is 0 Å². The Morgan fingerprint density at radius 2 is 1.81 bits per heavy atom. The van der Waals surface area contributed by atoms with Crippen LogP contribution in [0.25, 0.3) is 10.8 Å². The van der Waals surface area contributed by atoms with Crippen LogP contribution in [0.2, 0.25) is 0 Å². The van der Waals surface area contributed by atoms with Gasteiger partial charge in [0.05, 0.1) is 11.7 Å². The van der Waals surface area contributed by atoms with Crippen molar-refractivity contribution in [3.8, 4) is 0 Å². The van der Waals surface area contributed by atoms with E-state index >= 15 is 0 Å². The Hall–Kier alpha value is -2.19. The summed E-state index contributed by atoms with van der Waals surface area (Å²) in [4.78, 5) is 4.61. The van der Waals surface area contributed by atoms with Gasteiger partial charge >= 0.3 is 0 Å². The van der Waals surface area contributed by atoms with Gasteiger partial charge in [-0.05, 0) is 47.5 Å². The van der Waals surface area contributed by atoms with Gasteiger partial charge in [-0.25, -0.2) is 0 Å². The van der Waals surface area contributed by atoms with Crippen LogP contribution in [0, 0.1) is 0 Å². The summed E-state index contributed by atoms with van der Waals surface area (Å²) in [6, 6.07) is 19.4. The molecule has 3 rings (SSSR count). The molecule has 21 heavy (non-hydrogen) atoms. The Morgan fingerprint density at radius 3 is 2.57 bits per heavy atom. The molecule has 0 spiro atoms. The molecule has 0 bridgehead atoms. The van der Waals surface area contributed by atoms with Gasteiger partial charge in [-0.2, -0.15) is 0 Å². The Labute approximate surface area is 125 Å². The van der Waals surface area contributed by atoms with Crippen LogP contribution in [0.15, 0.2) is 60.8 Å². The van der Waals surface area contributed by atoms with Crippen LogP contribution in [0.5, 0.6) is 0 Å². The van der Waals surface area contributed by atoms with E-state index in [0.717, 1.165) is 12.1 Å². The highest BCUT2D eigenvalue weighted by molar-refractivity contribution is 5.83. The van der Waals surface area contributed by atoms with Gasteiger partial charge < -0.3 is 5.32 Å². The first-order chi connectivity index (χ1) is 10.3. The number of nitrogens with zero attached hydrogens (tertiary/aromatic N) is 1. The van der Waals surface area contributed by atoms with Crippen LogP contribution in [0.4, 0.5) is 0 Å². The molecule has 2 aromatic carbocycles. The number of fused-ring (bicyclic) bond motifs is 1. The van der Waals surface area contributed by atoms with Crippen LogP contribution in [-0.4, -0.2) is 12.0 Å². The number of pyridine rings is 1. The zero-order chi connectivity index (χ0) is 14.7. The van der Waals surface area contributed by atoms with E-state index in [1.165, 1.54) is 21.9 Å². The number of benzene rings is 2. The summed E-state index contributed by atoms with van der Waals surface area (Å²) in [6.07, 6.45) is 2.87. The molecule has 3 aromatic rings. The fraction of sp³-hybridized carbons (Fsp3) is 0.211. The zero-order valence-corrected chi connectivity index (χ0v) is 12.5. The lowest BCUT2D eigenvalue weighted by Crippen LogP contribution is -2.20. The zero-order valence-electron chi connectivity index (χ0n) is 12.5. The van der Waals surface area contributed by atoms with Crippen LogP contribution in [0.1, 0.15) is 29.8 Å². The summed E-state index contributed by atoms with van der Waals surface area (Å²) >= 11 is 0. The number of nitrogens with one attached hydrogen (secondary N) is 1. The van der Waals surface area contributed by atoms with Crippen LogP contribution < -0.4 is 5.32 Å². The molecular weight excluding hydrogens is 256 g/mol. The molecule has 1 N–H and O–H groups in total. The molecule has 2 heteroatoms. The molecule has 0 radical (unpaired) electrons. The molecule has 1 heterocycles. The molecule has 1 aromatic heterocycles. The van der Waals surface area contributed by atoms with Gasteiger partial charge in [0, 0.05) is 6.20 Å². The number of aromatic nitrogens is 1. The largest absolute Gasteiger partial charge is 0.308 e. The van der Waals surface area contributed by atoms with E-state index in [-0.39, 0.29) is 6.04 Å². The molecule has 0 saturated carbocycles. The summed E-state index contributed by atoms with van der Waals surface area (Å²) in [5.41, 5.74) is 3.67. The summed E-state index contributed by atoms with van der Waals surface area (Å²) in [6.45, 7) is 2.17. The summed E-state index contributed by atoms with van der Waals surface area (Å²) < 4.78 is 0. The van der Waals surface area contributed by atoms with E-state index in [0.29, 0.717) is 0 Å². The van der Waals surface area contributed by atoms with Crippen molar-refractivity contribution in [2.24, 2.45) is 0 Å². The van der Waals surface area contributed by atoms with Crippen LogP contribution >= 0.6 is 0 Å². The second-order valence-corrected chi connectivity index (χ2v) is 5.23. The SMILES string of the molecule is CCc1cccnc1C(NC)c1ccc2ccccc2c1. The van der Waals surface area contributed by atoms with Crippen molar-refractivity contribution >= 4 is 10.8 Å². The van der Waals surface area contributed by atoms with Crippen molar-refractivity contribution in [1.29, 1.82) is 0 Å². The molecule has 0 saturated heterocycles. The van der Waals surface area contributed by atoms with Crippen molar-refractivity contribution in [3.05, 3.63) is 77.6 Å². The first-order valence-corrected chi connectivity index (χ1v) is 7.43. The molecule has 2 nitrogen and oxygen atoms in total. The minimum atomic E-state index is 0.130. The molecule has 106 valence electrons. The van der Waals surface area contributed by atoms with Gasteiger partial charge in [0.25, 0.3) is 0 Å². The van der Waals surface area contributed by atoms with E-state index in [2.05, 4.69) is 65.8 Å². The van der Waals surface area contributed by atoms with Crippen LogP contribution in [0.3, 0.4) is 0 Å². The fourth-order valence-corrected chi connectivity index (χ4v) is 2.86. The summed E-state index contributed by atoms with van der Waals surface area (Å²) in [5.74, 6) is 0. The van der Waals surface area contributed by atoms with Gasteiger partial charge in [0.15, 0.2) is 0 Å². The maximum Gasteiger partial charge on any atom is 0.0752 e. The standard InChI is InChI=1S/C19H20N2/c1-3-14-9-6-12-21-19(14)18(20-2)17-11-10-15-7-4-5-8-16(15)13-17/h4-13,18,20H,3H2,1-2H3. The highest BCUT2D eigenvalue weighted by Gasteiger charge is 2.16. The van der Waals surface area contributed by atoms with Crippen molar-refractivity contribution in [2.45, 2.75) is 19.4 Å². The lowest BCUT2D eigenvalue weighted by molar-refractivity contribution is 0.663. The predicted molar refractivity (Wildman–Crippen MR) is 88.5 cm³/mol. The van der Waals surface area contributed by atoms with Crippen molar-refractivity contribution in [3.63, 3.8) is 0 Å². The second-order valence-electron chi connectivity index (χ2n) is 5.23. The highest BCUT2D eigenvalue weighted by Crippen LogP contribution is 2.26. The first-order valence-electron chi connectivity index (χ1n) is 7.43. The maximum atomic E-state index is 4.61. The van der Waals surface area contributed by atoms with Gasteiger partial charge in [0.2, 0.25) is 0 Å². The Morgan fingerprint density at radius 1 is 1.00 bits per heavy atom. The smallest absolute Gasteiger partial charge is 0.0752 e. The van der Waals surface area contributed by atoms with Gasteiger partial charge in [-0.3, -0.25) is 4.98 Å². The van der Waals surface area contributed by atoms with Crippen LogP contribution in [-0.2, 0) is 6.42 Å². The minimum absolute atomic E-state index is 0.130. The van der Waals surface area contributed by atoms with E-state index in [1.807, 2.05) is 19.3 Å². The first kappa shape index (κ1) is 13.8. The van der Waals surface area contributed by atoms with Gasteiger partial charge in [-0.15, -0.1) is 0 Å². The number of hydrogen-bond acceptors (Lipinski definition) is 2. The third-order valence-electron chi connectivity index (χ3n) is 3.98. The number of rotatable bonds is 4. The molecule has 0 amide bonds. The van der Waals surface area contributed by atoms with E-state index in [9.17, 15) is 0 Å². The number of hydrogen-bond donors (Lipinski definition) is 1. The molecule has 1 atom stereocenters. The number of aryl methyl sites for hydroxylation is 1.